The van der Waals surface area contributed by atoms with Gasteiger partial charge in [-0.3, -0.25) is 9.59 Å². The van der Waals surface area contributed by atoms with E-state index in [0.29, 0.717) is 21.9 Å². The van der Waals surface area contributed by atoms with Crippen molar-refractivity contribution in [3.05, 3.63) is 93.0 Å². The molecule has 0 heterocycles. The molecule has 164 valence electrons. The number of nitrogens with one attached hydrogen (secondary N) is 2. The van der Waals surface area contributed by atoms with Crippen molar-refractivity contribution in [1.82, 2.24) is 5.43 Å². The van der Waals surface area contributed by atoms with Crippen LogP contribution in [-0.4, -0.2) is 24.6 Å². The molecule has 2 amide bonds. The van der Waals surface area contributed by atoms with Gasteiger partial charge in [-0.25, -0.2) is 5.43 Å². The van der Waals surface area contributed by atoms with E-state index in [4.69, 9.17) is 27.9 Å². The zero-order valence-corrected chi connectivity index (χ0v) is 19.0. The molecule has 0 radical (unpaired) electrons. The van der Waals surface area contributed by atoms with Gasteiger partial charge in [-0.2, -0.15) is 5.10 Å². The average molecular weight is 470 g/mol. The average Bonchev–Trinajstić information content (AvgIpc) is 2.77. The van der Waals surface area contributed by atoms with Crippen molar-refractivity contribution in [2.75, 3.05) is 11.9 Å². The number of carbonyl (C=O) groups excluding carboxylic acids is 2. The molecule has 8 heteroatoms. The molecule has 3 aromatic rings. The minimum Gasteiger partial charge on any atom is -0.484 e. The topological polar surface area (TPSA) is 79.8 Å². The summed E-state index contributed by atoms with van der Waals surface area (Å²) in [6.07, 6.45) is 1.47. The van der Waals surface area contributed by atoms with E-state index in [1.54, 1.807) is 36.4 Å². The van der Waals surface area contributed by atoms with E-state index in [9.17, 15) is 9.59 Å². The van der Waals surface area contributed by atoms with Gasteiger partial charge in [0.2, 0.25) is 0 Å². The molecule has 32 heavy (non-hydrogen) atoms. The SMILES string of the molecule is Cc1ccc(NC(=O)COc2cccc(/C=N\NC(=O)c3ccc(Cl)c(Cl)c3)c2)cc1C. The van der Waals surface area contributed by atoms with Gasteiger partial charge in [0, 0.05) is 11.3 Å². The van der Waals surface area contributed by atoms with E-state index in [0.717, 1.165) is 16.8 Å². The fraction of sp³-hybridized carbons (Fsp3) is 0.125. The summed E-state index contributed by atoms with van der Waals surface area (Å²) < 4.78 is 5.57. The Hall–Kier alpha value is -3.35. The molecule has 3 rings (SSSR count). The summed E-state index contributed by atoms with van der Waals surface area (Å²) in [6.45, 7) is 3.86. The summed E-state index contributed by atoms with van der Waals surface area (Å²) in [5.74, 6) is -0.184. The Balaban J connectivity index is 1.53. The van der Waals surface area contributed by atoms with E-state index in [-0.39, 0.29) is 17.5 Å². The normalized spacial score (nSPS) is 10.8. The van der Waals surface area contributed by atoms with Crippen molar-refractivity contribution in [1.29, 1.82) is 0 Å². The molecule has 6 nitrogen and oxygen atoms in total. The first-order chi connectivity index (χ1) is 15.3. The fourth-order valence-corrected chi connectivity index (χ4v) is 3.02. The van der Waals surface area contributed by atoms with Crippen molar-refractivity contribution in [2.24, 2.45) is 5.10 Å². The third-order valence-corrected chi connectivity index (χ3v) is 5.32. The number of halogens is 2. The number of ether oxygens (including phenoxy) is 1. The quantitative estimate of drug-likeness (QED) is 0.359. The molecule has 0 aromatic heterocycles. The molecule has 0 spiro atoms. The van der Waals surface area contributed by atoms with Crippen molar-refractivity contribution in [2.45, 2.75) is 13.8 Å². The van der Waals surface area contributed by atoms with Crippen LogP contribution in [0.4, 0.5) is 5.69 Å². The number of rotatable bonds is 7. The fourth-order valence-electron chi connectivity index (χ4n) is 2.72. The van der Waals surface area contributed by atoms with Crippen LogP contribution >= 0.6 is 23.2 Å². The van der Waals surface area contributed by atoms with Gasteiger partial charge in [-0.05, 0) is 73.0 Å². The van der Waals surface area contributed by atoms with Gasteiger partial charge in [0.05, 0.1) is 16.3 Å². The summed E-state index contributed by atoms with van der Waals surface area (Å²) >= 11 is 11.8. The van der Waals surface area contributed by atoms with Gasteiger partial charge in [-0.1, -0.05) is 41.4 Å². The predicted molar refractivity (Wildman–Crippen MR) is 128 cm³/mol. The smallest absolute Gasteiger partial charge is 0.271 e. The highest BCUT2D eigenvalue weighted by atomic mass is 35.5. The van der Waals surface area contributed by atoms with Gasteiger partial charge < -0.3 is 10.1 Å². The molecule has 2 N–H and O–H groups in total. The van der Waals surface area contributed by atoms with Crippen LogP contribution in [0.5, 0.6) is 5.75 Å². The molecular formula is C24H21Cl2N3O3. The van der Waals surface area contributed by atoms with Crippen LogP contribution < -0.4 is 15.5 Å². The third kappa shape index (κ3) is 6.57. The van der Waals surface area contributed by atoms with E-state index >= 15 is 0 Å². The number of hydrogen-bond donors (Lipinski definition) is 2. The minimum absolute atomic E-state index is 0.137. The van der Waals surface area contributed by atoms with E-state index in [2.05, 4.69) is 15.8 Å². The summed E-state index contributed by atoms with van der Waals surface area (Å²) in [5, 5.41) is 7.40. The Morgan fingerprint density at radius 1 is 0.969 bits per heavy atom. The lowest BCUT2D eigenvalue weighted by molar-refractivity contribution is -0.118. The van der Waals surface area contributed by atoms with Crippen LogP contribution in [0.2, 0.25) is 10.0 Å². The third-order valence-electron chi connectivity index (χ3n) is 4.58. The molecule has 0 aliphatic carbocycles. The number of hydrogen-bond acceptors (Lipinski definition) is 4. The van der Waals surface area contributed by atoms with E-state index in [1.807, 2.05) is 32.0 Å². The number of aryl methyl sites for hydroxylation is 2. The largest absolute Gasteiger partial charge is 0.484 e. The lowest BCUT2D eigenvalue weighted by Crippen LogP contribution is -2.20. The summed E-state index contributed by atoms with van der Waals surface area (Å²) in [7, 11) is 0. The highest BCUT2D eigenvalue weighted by Gasteiger charge is 2.07. The summed E-state index contributed by atoms with van der Waals surface area (Å²) in [5.41, 5.74) is 6.43. The molecule has 3 aromatic carbocycles. The van der Waals surface area contributed by atoms with Crippen LogP contribution in [0.1, 0.15) is 27.0 Å². The number of carbonyl (C=O) groups is 2. The molecule has 0 unspecified atom stereocenters. The Labute approximate surface area is 196 Å². The number of benzene rings is 3. The van der Waals surface area contributed by atoms with Gasteiger partial charge >= 0.3 is 0 Å². The predicted octanol–water partition coefficient (Wildman–Crippen LogP) is 5.39. The van der Waals surface area contributed by atoms with Crippen molar-refractivity contribution in [3.63, 3.8) is 0 Å². The van der Waals surface area contributed by atoms with Crippen LogP contribution in [0.25, 0.3) is 0 Å². The molecule has 0 fully saturated rings. The van der Waals surface area contributed by atoms with Crippen LogP contribution in [-0.2, 0) is 4.79 Å². The maximum Gasteiger partial charge on any atom is 0.271 e. The van der Waals surface area contributed by atoms with E-state index < -0.39 is 5.91 Å². The monoisotopic (exact) mass is 469 g/mol. The maximum absolute atomic E-state index is 12.2. The highest BCUT2D eigenvalue weighted by Crippen LogP contribution is 2.22. The molecule has 0 atom stereocenters. The first-order valence-electron chi connectivity index (χ1n) is 9.70. The molecule has 0 aliphatic rings. The lowest BCUT2D eigenvalue weighted by Gasteiger charge is -2.09. The van der Waals surface area contributed by atoms with Gasteiger partial charge in [0.1, 0.15) is 5.75 Å². The first kappa shape index (κ1) is 23.3. The Morgan fingerprint density at radius 3 is 2.53 bits per heavy atom. The molecule has 0 bridgehead atoms. The lowest BCUT2D eigenvalue weighted by atomic mass is 10.1. The van der Waals surface area contributed by atoms with E-state index in [1.165, 1.54) is 12.3 Å². The standard InChI is InChI=1S/C24H21Cl2N3O3/c1-15-6-8-19(10-16(15)2)28-23(30)14-32-20-5-3-4-17(11-20)13-27-29-24(31)18-7-9-21(25)22(26)12-18/h3-13H,14H2,1-2H3,(H,28,30)(H,29,31)/b27-13-. The second kappa shape index (κ2) is 10.8. The zero-order chi connectivity index (χ0) is 23.1. The maximum atomic E-state index is 12.2. The number of nitrogens with zero attached hydrogens (tertiary/aromatic N) is 1. The minimum atomic E-state index is -0.421. The zero-order valence-electron chi connectivity index (χ0n) is 17.5. The van der Waals surface area contributed by atoms with Gasteiger partial charge in [0.25, 0.3) is 11.8 Å². The second-order valence-corrected chi connectivity index (χ2v) is 7.85. The summed E-state index contributed by atoms with van der Waals surface area (Å²) in [4.78, 5) is 24.3. The van der Waals surface area contributed by atoms with Crippen molar-refractivity contribution in [3.8, 4) is 5.75 Å². The van der Waals surface area contributed by atoms with Gasteiger partial charge in [0.15, 0.2) is 6.61 Å². The Bertz CT molecular complexity index is 1180. The molecule has 0 saturated carbocycles. The highest BCUT2D eigenvalue weighted by molar-refractivity contribution is 6.42. The van der Waals surface area contributed by atoms with Crippen LogP contribution in [0.15, 0.2) is 65.8 Å². The summed E-state index contributed by atoms with van der Waals surface area (Å²) in [6, 6.07) is 17.3. The molecule has 0 saturated heterocycles. The first-order valence-corrected chi connectivity index (χ1v) is 10.5. The molecule has 0 aliphatic heterocycles. The van der Waals surface area contributed by atoms with Gasteiger partial charge in [-0.15, -0.1) is 0 Å². The number of anilines is 1. The van der Waals surface area contributed by atoms with Crippen molar-refractivity contribution < 1.29 is 14.3 Å². The van der Waals surface area contributed by atoms with Crippen LogP contribution in [0.3, 0.4) is 0 Å². The van der Waals surface area contributed by atoms with Crippen LogP contribution in [0, 0.1) is 13.8 Å². The number of hydrazone groups is 1. The Kier molecular flexibility index (Phi) is 7.87. The molecular weight excluding hydrogens is 449 g/mol. The van der Waals surface area contributed by atoms with Crippen molar-refractivity contribution >= 4 is 46.9 Å². The number of amides is 2. The Morgan fingerprint density at radius 2 is 1.78 bits per heavy atom. The second-order valence-electron chi connectivity index (χ2n) is 7.04.